The highest BCUT2D eigenvalue weighted by atomic mass is 35.5. The maximum absolute atomic E-state index is 12.7. The molecule has 0 bridgehead atoms. The lowest BCUT2D eigenvalue weighted by atomic mass is 10.2. The van der Waals surface area contributed by atoms with Gasteiger partial charge in [0.05, 0.1) is 17.2 Å². The number of carboxylic acids is 2. The van der Waals surface area contributed by atoms with Crippen LogP contribution in [0.5, 0.6) is 17.2 Å². The summed E-state index contributed by atoms with van der Waals surface area (Å²) in [6, 6.07) is 6.43. The SMILES string of the molecule is O=C(O)CCCCOc1ccc(Oc2ccc(C(F)(F)F)cc2Cl)cc1C(=O)O. The number of hydrogen-bond acceptors (Lipinski definition) is 4. The fourth-order valence-electron chi connectivity index (χ4n) is 2.31. The number of aromatic carboxylic acids is 1. The zero-order valence-corrected chi connectivity index (χ0v) is 15.6. The van der Waals surface area contributed by atoms with Crippen LogP contribution >= 0.6 is 11.6 Å². The summed E-state index contributed by atoms with van der Waals surface area (Å²) in [6.07, 6.45) is -3.77. The molecule has 0 aliphatic heterocycles. The third kappa shape index (κ3) is 6.56. The van der Waals surface area contributed by atoms with E-state index in [0.29, 0.717) is 18.9 Å². The molecule has 2 aromatic rings. The highest BCUT2D eigenvalue weighted by Crippen LogP contribution is 2.37. The zero-order chi connectivity index (χ0) is 21.6. The number of rotatable bonds is 9. The van der Waals surface area contributed by atoms with Crippen LogP contribution in [0.3, 0.4) is 0 Å². The van der Waals surface area contributed by atoms with E-state index in [-0.39, 0.29) is 40.9 Å². The molecule has 0 aliphatic carbocycles. The molecular weight excluding hydrogens is 417 g/mol. The van der Waals surface area contributed by atoms with E-state index in [1.165, 1.54) is 12.1 Å². The van der Waals surface area contributed by atoms with Crippen LogP contribution in [0, 0.1) is 0 Å². The third-order valence-corrected chi connectivity index (χ3v) is 4.01. The fourth-order valence-corrected chi connectivity index (χ4v) is 2.53. The number of hydrogen-bond donors (Lipinski definition) is 2. The monoisotopic (exact) mass is 432 g/mol. The topological polar surface area (TPSA) is 93.1 Å². The van der Waals surface area contributed by atoms with Gasteiger partial charge >= 0.3 is 18.1 Å². The molecule has 2 aromatic carbocycles. The van der Waals surface area contributed by atoms with Crippen molar-refractivity contribution in [2.24, 2.45) is 0 Å². The minimum atomic E-state index is -4.55. The van der Waals surface area contributed by atoms with E-state index >= 15 is 0 Å². The first-order valence-corrected chi connectivity index (χ1v) is 8.72. The maximum Gasteiger partial charge on any atom is 0.416 e. The average molecular weight is 433 g/mol. The third-order valence-electron chi connectivity index (χ3n) is 3.71. The Morgan fingerprint density at radius 3 is 2.28 bits per heavy atom. The molecular formula is C19H16ClF3O6. The summed E-state index contributed by atoms with van der Waals surface area (Å²) in [5.74, 6) is -2.20. The number of halogens is 4. The predicted octanol–water partition coefficient (Wildman–Crippen LogP) is 5.48. The average Bonchev–Trinajstić information content (AvgIpc) is 2.62. The Kier molecular flexibility index (Phi) is 7.33. The molecule has 0 fully saturated rings. The first kappa shape index (κ1) is 22.4. The molecule has 156 valence electrons. The number of ether oxygens (including phenoxy) is 2. The summed E-state index contributed by atoms with van der Waals surface area (Å²) in [6.45, 7) is 0.124. The van der Waals surface area contributed by atoms with Gasteiger partial charge in [0, 0.05) is 6.42 Å². The van der Waals surface area contributed by atoms with Gasteiger partial charge in [0.1, 0.15) is 22.8 Å². The quantitative estimate of drug-likeness (QED) is 0.509. The van der Waals surface area contributed by atoms with E-state index in [0.717, 1.165) is 18.2 Å². The molecule has 0 saturated heterocycles. The molecule has 0 saturated carbocycles. The molecule has 10 heteroatoms. The van der Waals surface area contributed by atoms with Gasteiger partial charge in [0.2, 0.25) is 0 Å². The Morgan fingerprint density at radius 1 is 1.00 bits per heavy atom. The summed E-state index contributed by atoms with van der Waals surface area (Å²) in [7, 11) is 0. The number of benzene rings is 2. The lowest BCUT2D eigenvalue weighted by molar-refractivity contribution is -0.138. The van der Waals surface area contributed by atoms with E-state index in [1.54, 1.807) is 0 Å². The van der Waals surface area contributed by atoms with E-state index < -0.39 is 23.7 Å². The van der Waals surface area contributed by atoms with Crippen molar-refractivity contribution in [2.45, 2.75) is 25.4 Å². The van der Waals surface area contributed by atoms with Gasteiger partial charge in [0.25, 0.3) is 0 Å². The Labute approximate surface area is 168 Å². The van der Waals surface area contributed by atoms with Gasteiger partial charge in [-0.3, -0.25) is 4.79 Å². The number of unbranched alkanes of at least 4 members (excludes halogenated alkanes) is 1. The molecule has 2 rings (SSSR count). The van der Waals surface area contributed by atoms with Crippen molar-refractivity contribution in [3.8, 4) is 17.2 Å². The first-order valence-electron chi connectivity index (χ1n) is 8.34. The van der Waals surface area contributed by atoms with Crippen LogP contribution in [0.4, 0.5) is 13.2 Å². The van der Waals surface area contributed by atoms with Crippen LogP contribution in [-0.4, -0.2) is 28.8 Å². The van der Waals surface area contributed by atoms with Crippen molar-refractivity contribution >= 4 is 23.5 Å². The van der Waals surface area contributed by atoms with Gasteiger partial charge in [0.15, 0.2) is 0 Å². The van der Waals surface area contributed by atoms with Crippen molar-refractivity contribution in [3.05, 3.63) is 52.5 Å². The molecule has 0 atom stereocenters. The van der Waals surface area contributed by atoms with E-state index in [4.69, 9.17) is 26.2 Å². The Hall–Kier alpha value is -2.94. The predicted molar refractivity (Wildman–Crippen MR) is 96.9 cm³/mol. The summed E-state index contributed by atoms with van der Waals surface area (Å²) in [5.41, 5.74) is -1.16. The van der Waals surface area contributed by atoms with Crippen LogP contribution < -0.4 is 9.47 Å². The molecule has 0 amide bonds. The Bertz CT molecular complexity index is 898. The van der Waals surface area contributed by atoms with Gasteiger partial charge in [-0.15, -0.1) is 0 Å². The number of carboxylic acid groups (broad SMARTS) is 2. The fraction of sp³-hybridized carbons (Fsp3) is 0.263. The molecule has 2 N–H and O–H groups in total. The molecule has 6 nitrogen and oxygen atoms in total. The number of carbonyl (C=O) groups is 2. The molecule has 0 radical (unpaired) electrons. The standard InChI is InChI=1S/C19H16ClF3O6/c20-14-9-11(19(21,22)23)4-6-16(14)29-12-5-7-15(13(10-12)18(26)27)28-8-2-1-3-17(24)25/h4-7,9-10H,1-3,8H2,(H,24,25)(H,26,27). The second kappa shape index (κ2) is 9.51. The van der Waals surface area contributed by atoms with Crippen molar-refractivity contribution in [1.82, 2.24) is 0 Å². The Balaban J connectivity index is 2.12. The summed E-state index contributed by atoms with van der Waals surface area (Å²) in [5, 5.41) is 17.6. The van der Waals surface area contributed by atoms with Gasteiger partial charge in [-0.25, -0.2) is 4.79 Å². The van der Waals surface area contributed by atoms with Gasteiger partial charge in [-0.05, 0) is 49.2 Å². The lowest BCUT2D eigenvalue weighted by Crippen LogP contribution is -2.06. The maximum atomic E-state index is 12.7. The molecule has 0 aliphatic rings. The van der Waals surface area contributed by atoms with Gasteiger partial charge in [-0.1, -0.05) is 11.6 Å². The highest BCUT2D eigenvalue weighted by molar-refractivity contribution is 6.32. The van der Waals surface area contributed by atoms with E-state index in [2.05, 4.69) is 0 Å². The van der Waals surface area contributed by atoms with E-state index in [1.807, 2.05) is 0 Å². The smallest absolute Gasteiger partial charge is 0.416 e. The minimum absolute atomic E-state index is 0.0180. The van der Waals surface area contributed by atoms with Gasteiger partial charge < -0.3 is 19.7 Å². The van der Waals surface area contributed by atoms with Gasteiger partial charge in [-0.2, -0.15) is 13.2 Å². The van der Waals surface area contributed by atoms with E-state index in [9.17, 15) is 27.9 Å². The molecule has 29 heavy (non-hydrogen) atoms. The zero-order valence-electron chi connectivity index (χ0n) is 14.8. The van der Waals surface area contributed by atoms with Crippen molar-refractivity contribution in [1.29, 1.82) is 0 Å². The van der Waals surface area contributed by atoms with Crippen molar-refractivity contribution in [2.75, 3.05) is 6.61 Å². The summed E-state index contributed by atoms with van der Waals surface area (Å²) < 4.78 is 48.9. The highest BCUT2D eigenvalue weighted by Gasteiger charge is 2.31. The van der Waals surface area contributed by atoms with Crippen LogP contribution in [0.25, 0.3) is 0 Å². The number of alkyl halides is 3. The van der Waals surface area contributed by atoms with Crippen LogP contribution in [-0.2, 0) is 11.0 Å². The molecule has 0 aromatic heterocycles. The second-order valence-corrected chi connectivity index (χ2v) is 6.31. The largest absolute Gasteiger partial charge is 0.493 e. The molecule has 0 unspecified atom stereocenters. The van der Waals surface area contributed by atoms with Crippen LogP contribution in [0.2, 0.25) is 5.02 Å². The normalized spacial score (nSPS) is 11.2. The first-order chi connectivity index (χ1) is 13.6. The molecule has 0 spiro atoms. The summed E-state index contributed by atoms with van der Waals surface area (Å²) in [4.78, 5) is 21.9. The minimum Gasteiger partial charge on any atom is -0.493 e. The van der Waals surface area contributed by atoms with Crippen LogP contribution in [0.1, 0.15) is 35.2 Å². The van der Waals surface area contributed by atoms with Crippen LogP contribution in [0.15, 0.2) is 36.4 Å². The van der Waals surface area contributed by atoms with Crippen molar-refractivity contribution < 1.29 is 42.4 Å². The Morgan fingerprint density at radius 2 is 1.69 bits per heavy atom. The van der Waals surface area contributed by atoms with Crippen molar-refractivity contribution in [3.63, 3.8) is 0 Å². The summed E-state index contributed by atoms with van der Waals surface area (Å²) >= 11 is 5.83. The number of aliphatic carboxylic acids is 1. The molecule has 0 heterocycles. The second-order valence-electron chi connectivity index (χ2n) is 5.91. The lowest BCUT2D eigenvalue weighted by Gasteiger charge is -2.13.